The largest absolute Gasteiger partial charge is 0.379 e. The monoisotopic (exact) mass is 315 g/mol. The van der Waals surface area contributed by atoms with Gasteiger partial charge in [-0.2, -0.15) is 0 Å². The van der Waals surface area contributed by atoms with E-state index in [0.29, 0.717) is 18.8 Å². The Hall–Kier alpha value is -1.88. The van der Waals surface area contributed by atoms with Crippen LogP contribution >= 0.6 is 11.3 Å². The lowest BCUT2D eigenvalue weighted by atomic mass is 9.99. The van der Waals surface area contributed by atoms with Crippen LogP contribution in [-0.2, 0) is 11.2 Å². The van der Waals surface area contributed by atoms with Gasteiger partial charge in [0.25, 0.3) is 0 Å². The van der Waals surface area contributed by atoms with Gasteiger partial charge in [-0.3, -0.25) is 4.79 Å². The van der Waals surface area contributed by atoms with E-state index in [9.17, 15) is 4.79 Å². The molecule has 0 radical (unpaired) electrons. The van der Waals surface area contributed by atoms with Gasteiger partial charge in [-0.15, -0.1) is 11.3 Å². The molecule has 0 spiro atoms. The van der Waals surface area contributed by atoms with Crippen LogP contribution in [0.4, 0.5) is 11.4 Å². The van der Waals surface area contributed by atoms with Crippen LogP contribution in [0.1, 0.15) is 26.0 Å². The minimum Gasteiger partial charge on any atom is -0.379 e. The molecule has 2 heterocycles. The number of hydrogen-bond donors (Lipinski definition) is 1. The summed E-state index contributed by atoms with van der Waals surface area (Å²) < 4.78 is 0. The number of fused-ring (bicyclic) bond motifs is 1. The van der Waals surface area contributed by atoms with Crippen molar-refractivity contribution in [3.05, 3.63) is 40.8 Å². The predicted octanol–water partition coefficient (Wildman–Crippen LogP) is 3.56. The lowest BCUT2D eigenvalue weighted by Crippen LogP contribution is -2.47. The normalized spacial score (nSPS) is 17.2. The number of anilines is 2. The highest BCUT2D eigenvalue weighted by Gasteiger charge is 2.29. The van der Waals surface area contributed by atoms with E-state index in [1.54, 1.807) is 11.3 Å². The van der Waals surface area contributed by atoms with E-state index in [4.69, 9.17) is 0 Å². The standard InChI is InChI=1S/C17H21N3OS/c1-12(2)15-9-20(16-6-4-3-5-14(16)19-15)17(21)8-7-13-10-22-11-18-13/h3-6,10-12,15,19H,7-9H2,1-2H3/t15-/m0/s1. The molecule has 4 nitrogen and oxygen atoms in total. The highest BCUT2D eigenvalue weighted by molar-refractivity contribution is 7.07. The predicted molar refractivity (Wildman–Crippen MR) is 91.5 cm³/mol. The number of carbonyl (C=O) groups excluding carboxylic acids is 1. The molecule has 1 aromatic carbocycles. The van der Waals surface area contributed by atoms with E-state index in [2.05, 4.69) is 24.1 Å². The molecule has 0 unspecified atom stereocenters. The Balaban J connectivity index is 1.77. The van der Waals surface area contributed by atoms with Gasteiger partial charge in [0.05, 0.1) is 22.6 Å². The molecular weight excluding hydrogens is 294 g/mol. The molecule has 0 fully saturated rings. The summed E-state index contributed by atoms with van der Waals surface area (Å²) in [6.45, 7) is 5.09. The molecule has 5 heteroatoms. The van der Waals surface area contributed by atoms with Crippen LogP contribution in [0.2, 0.25) is 0 Å². The van der Waals surface area contributed by atoms with Crippen LogP contribution in [-0.4, -0.2) is 23.5 Å². The van der Waals surface area contributed by atoms with Gasteiger partial charge >= 0.3 is 0 Å². The maximum absolute atomic E-state index is 12.7. The molecule has 0 saturated carbocycles. The summed E-state index contributed by atoms with van der Waals surface area (Å²) in [5.41, 5.74) is 4.86. The zero-order valence-electron chi connectivity index (χ0n) is 13.0. The number of benzene rings is 1. The molecule has 2 aromatic rings. The molecule has 1 aromatic heterocycles. The molecule has 3 rings (SSSR count). The molecule has 1 aliphatic heterocycles. The van der Waals surface area contributed by atoms with Gasteiger partial charge in [-0.1, -0.05) is 26.0 Å². The minimum absolute atomic E-state index is 0.174. The van der Waals surface area contributed by atoms with Crippen molar-refractivity contribution in [2.75, 3.05) is 16.8 Å². The fraction of sp³-hybridized carbons (Fsp3) is 0.412. The van der Waals surface area contributed by atoms with Crippen LogP contribution < -0.4 is 10.2 Å². The molecule has 22 heavy (non-hydrogen) atoms. The van der Waals surface area contributed by atoms with E-state index in [1.165, 1.54) is 0 Å². The Bertz CT molecular complexity index is 639. The summed E-state index contributed by atoms with van der Waals surface area (Å²) in [5, 5.41) is 5.56. The van der Waals surface area contributed by atoms with Crippen molar-refractivity contribution in [2.24, 2.45) is 5.92 Å². The van der Waals surface area contributed by atoms with E-state index in [1.807, 2.05) is 40.1 Å². The second-order valence-corrected chi connectivity index (χ2v) is 6.71. The summed E-state index contributed by atoms with van der Waals surface area (Å²) >= 11 is 1.57. The molecule has 0 saturated heterocycles. The maximum atomic E-state index is 12.7. The van der Waals surface area contributed by atoms with Gasteiger partial charge in [-0.05, 0) is 24.5 Å². The molecule has 116 valence electrons. The van der Waals surface area contributed by atoms with Crippen LogP contribution in [0, 0.1) is 5.92 Å². The first kappa shape index (κ1) is 15.0. The SMILES string of the molecule is CC(C)[C@@H]1CN(C(=O)CCc2cscn2)c2ccccc2N1. The van der Waals surface area contributed by atoms with Gasteiger partial charge in [0.1, 0.15) is 0 Å². The zero-order chi connectivity index (χ0) is 15.5. The maximum Gasteiger partial charge on any atom is 0.227 e. The Morgan fingerprint density at radius 2 is 2.27 bits per heavy atom. The summed E-state index contributed by atoms with van der Waals surface area (Å²) in [5.74, 6) is 0.648. The van der Waals surface area contributed by atoms with Crippen LogP contribution in [0.15, 0.2) is 35.2 Å². The summed E-state index contributed by atoms with van der Waals surface area (Å²) in [6, 6.07) is 8.34. The second kappa shape index (κ2) is 6.48. The van der Waals surface area contributed by atoms with Crippen molar-refractivity contribution in [1.82, 2.24) is 4.98 Å². The topological polar surface area (TPSA) is 45.2 Å². The van der Waals surface area contributed by atoms with Crippen LogP contribution in [0.3, 0.4) is 0 Å². The fourth-order valence-electron chi connectivity index (χ4n) is 2.72. The van der Waals surface area contributed by atoms with Crippen molar-refractivity contribution in [1.29, 1.82) is 0 Å². The van der Waals surface area contributed by atoms with Crippen molar-refractivity contribution >= 4 is 28.6 Å². The van der Waals surface area contributed by atoms with Gasteiger partial charge < -0.3 is 10.2 Å². The lowest BCUT2D eigenvalue weighted by Gasteiger charge is -2.37. The third-order valence-corrected chi connectivity index (χ3v) is 4.73. The van der Waals surface area contributed by atoms with Crippen molar-refractivity contribution in [3.8, 4) is 0 Å². The minimum atomic E-state index is 0.174. The third-order valence-electron chi connectivity index (χ3n) is 4.10. The first-order valence-electron chi connectivity index (χ1n) is 7.68. The fourth-order valence-corrected chi connectivity index (χ4v) is 3.31. The Morgan fingerprint density at radius 1 is 1.45 bits per heavy atom. The Labute approximate surface area is 135 Å². The molecule has 1 amide bonds. The van der Waals surface area contributed by atoms with E-state index in [-0.39, 0.29) is 11.9 Å². The summed E-state index contributed by atoms with van der Waals surface area (Å²) in [4.78, 5) is 18.9. The number of thiazole rings is 1. The van der Waals surface area contributed by atoms with Crippen molar-refractivity contribution in [2.45, 2.75) is 32.7 Å². The molecule has 1 N–H and O–H groups in total. The van der Waals surface area contributed by atoms with E-state index in [0.717, 1.165) is 23.6 Å². The number of carbonyl (C=O) groups is 1. The lowest BCUT2D eigenvalue weighted by molar-refractivity contribution is -0.118. The zero-order valence-corrected chi connectivity index (χ0v) is 13.8. The summed E-state index contributed by atoms with van der Waals surface area (Å²) in [6.07, 6.45) is 1.21. The summed E-state index contributed by atoms with van der Waals surface area (Å²) in [7, 11) is 0. The quantitative estimate of drug-likeness (QED) is 0.938. The molecule has 0 aliphatic carbocycles. The molecule has 0 bridgehead atoms. The van der Waals surface area contributed by atoms with E-state index >= 15 is 0 Å². The van der Waals surface area contributed by atoms with Crippen molar-refractivity contribution in [3.63, 3.8) is 0 Å². The van der Waals surface area contributed by atoms with Gasteiger partial charge in [0, 0.05) is 24.4 Å². The number of rotatable bonds is 4. The average Bonchev–Trinajstić information content (AvgIpc) is 3.04. The number of nitrogens with one attached hydrogen (secondary N) is 1. The number of aryl methyl sites for hydroxylation is 1. The second-order valence-electron chi connectivity index (χ2n) is 6.00. The Morgan fingerprint density at radius 3 is 3.00 bits per heavy atom. The molecular formula is C17H21N3OS. The van der Waals surface area contributed by atoms with Gasteiger partial charge in [0.15, 0.2) is 0 Å². The van der Waals surface area contributed by atoms with E-state index < -0.39 is 0 Å². The first-order valence-corrected chi connectivity index (χ1v) is 8.62. The van der Waals surface area contributed by atoms with Crippen LogP contribution in [0.5, 0.6) is 0 Å². The number of para-hydroxylation sites is 2. The first-order chi connectivity index (χ1) is 10.6. The highest BCUT2D eigenvalue weighted by Crippen LogP contribution is 2.32. The molecule has 1 aliphatic rings. The molecule has 1 atom stereocenters. The van der Waals surface area contributed by atoms with Crippen molar-refractivity contribution < 1.29 is 4.79 Å². The third kappa shape index (κ3) is 3.14. The van der Waals surface area contributed by atoms with Gasteiger partial charge in [0.2, 0.25) is 5.91 Å². The number of aromatic nitrogens is 1. The van der Waals surface area contributed by atoms with Crippen LogP contribution in [0.25, 0.3) is 0 Å². The Kier molecular flexibility index (Phi) is 4.43. The number of hydrogen-bond acceptors (Lipinski definition) is 4. The smallest absolute Gasteiger partial charge is 0.227 e. The van der Waals surface area contributed by atoms with Gasteiger partial charge in [-0.25, -0.2) is 4.98 Å². The average molecular weight is 315 g/mol. The highest BCUT2D eigenvalue weighted by atomic mass is 32.1. The number of nitrogens with zero attached hydrogens (tertiary/aromatic N) is 2. The number of amides is 1.